The molecule has 0 aromatic rings. The Kier molecular flexibility index (Phi) is 5.74. The maximum absolute atomic E-state index is 4.36. The van der Waals surface area contributed by atoms with Crippen LogP contribution in [-0.2, 0) is 0 Å². The second-order valence-electron chi connectivity index (χ2n) is 2.69. The number of hydrogen-bond donors (Lipinski definition) is 2. The molecule has 0 fully saturated rings. The normalized spacial score (nSPS) is 12.0. The molecule has 0 aliphatic rings. The molecule has 2 heteroatoms. The van der Waals surface area contributed by atoms with Gasteiger partial charge in [0.2, 0.25) is 0 Å². The van der Waals surface area contributed by atoms with Gasteiger partial charge >= 0.3 is 0 Å². The Morgan fingerprint density at radius 1 is 1.30 bits per heavy atom. The van der Waals surface area contributed by atoms with Gasteiger partial charge in [0.25, 0.3) is 0 Å². The predicted octanol–water partition coefficient (Wildman–Crippen LogP) is 3.35. The van der Waals surface area contributed by atoms with Gasteiger partial charge in [0.1, 0.15) is 0 Å². The van der Waals surface area contributed by atoms with Gasteiger partial charge in [-0.25, -0.2) is 0 Å². The Hall–Kier alpha value is 0.700. The van der Waals surface area contributed by atoms with Crippen LogP contribution in [0.5, 0.6) is 0 Å². The lowest BCUT2D eigenvalue weighted by Crippen LogP contribution is -2.10. The highest BCUT2D eigenvalue weighted by molar-refractivity contribution is 8.00. The minimum Gasteiger partial charge on any atom is -0.162 e. The van der Waals surface area contributed by atoms with Gasteiger partial charge in [-0.1, -0.05) is 33.1 Å². The first-order valence-electron chi connectivity index (χ1n) is 3.86. The first kappa shape index (κ1) is 10.7. The molecule has 0 aliphatic carbocycles. The molecule has 0 nitrogen and oxygen atoms in total. The molecule has 0 aromatic carbocycles. The van der Waals surface area contributed by atoms with E-state index >= 15 is 0 Å². The fraction of sp³-hybridized carbons (Fsp3) is 0.875. The van der Waals surface area contributed by atoms with E-state index < -0.39 is 0 Å². The van der Waals surface area contributed by atoms with Crippen LogP contribution in [0, 0.1) is 6.92 Å². The Balaban J connectivity index is 3.28. The summed E-state index contributed by atoms with van der Waals surface area (Å²) in [4.78, 5) is 0. The molecule has 0 bridgehead atoms. The summed E-state index contributed by atoms with van der Waals surface area (Å²) in [5.41, 5.74) is 0. The Bertz CT molecular complexity index is 79.3. The number of hydrogen-bond acceptors (Lipinski definition) is 2. The van der Waals surface area contributed by atoms with Crippen LogP contribution in [0.1, 0.15) is 39.0 Å². The second kappa shape index (κ2) is 5.36. The van der Waals surface area contributed by atoms with E-state index in [0.29, 0.717) is 0 Å². The molecule has 0 aromatic heterocycles. The summed E-state index contributed by atoms with van der Waals surface area (Å²) >= 11 is 8.72. The smallest absolute Gasteiger partial charge is 0.0552 e. The first-order valence-corrected chi connectivity index (χ1v) is 4.76. The van der Waals surface area contributed by atoms with E-state index in [2.05, 4.69) is 39.1 Å². The lowest BCUT2D eigenvalue weighted by Gasteiger charge is -2.19. The van der Waals surface area contributed by atoms with Gasteiger partial charge in [-0.15, -0.1) is 0 Å². The molecule has 0 atom stereocenters. The highest BCUT2D eigenvalue weighted by atomic mass is 32.2. The fourth-order valence-corrected chi connectivity index (χ4v) is 1.10. The van der Waals surface area contributed by atoms with E-state index in [-0.39, 0.29) is 4.08 Å². The van der Waals surface area contributed by atoms with Crippen LogP contribution in [0.2, 0.25) is 0 Å². The van der Waals surface area contributed by atoms with Crippen LogP contribution in [0.15, 0.2) is 0 Å². The van der Waals surface area contributed by atoms with Crippen molar-refractivity contribution in [2.45, 2.75) is 43.1 Å². The van der Waals surface area contributed by atoms with Crippen molar-refractivity contribution >= 4 is 25.3 Å². The molecule has 0 amide bonds. The van der Waals surface area contributed by atoms with Gasteiger partial charge in [0.15, 0.2) is 0 Å². The van der Waals surface area contributed by atoms with Crippen molar-refractivity contribution in [3.05, 3.63) is 6.92 Å². The first-order chi connectivity index (χ1) is 4.62. The van der Waals surface area contributed by atoms with Crippen molar-refractivity contribution in [2.24, 2.45) is 0 Å². The van der Waals surface area contributed by atoms with E-state index in [1.807, 2.05) is 0 Å². The van der Waals surface area contributed by atoms with Crippen molar-refractivity contribution in [3.8, 4) is 0 Å². The molecule has 61 valence electrons. The molecule has 0 saturated heterocycles. The standard InChI is InChI=1S/C8H17S2/c1-3-5-6-7-8(9,10)4-2/h9-10H,2-7H2,1H3. The monoisotopic (exact) mass is 177 g/mol. The summed E-state index contributed by atoms with van der Waals surface area (Å²) in [6, 6.07) is 0. The lowest BCUT2D eigenvalue weighted by molar-refractivity contribution is 0.627. The summed E-state index contributed by atoms with van der Waals surface area (Å²) in [5.74, 6) is 0. The van der Waals surface area contributed by atoms with Gasteiger partial charge in [-0.2, -0.15) is 25.3 Å². The van der Waals surface area contributed by atoms with Gasteiger partial charge in [0, 0.05) is 0 Å². The fourth-order valence-electron chi connectivity index (χ4n) is 0.783. The summed E-state index contributed by atoms with van der Waals surface area (Å²) in [6.07, 6.45) is 5.62. The minimum atomic E-state index is -0.130. The van der Waals surface area contributed by atoms with Crippen LogP contribution in [0.4, 0.5) is 0 Å². The van der Waals surface area contributed by atoms with E-state index in [1.165, 1.54) is 19.3 Å². The molecular formula is C8H17S2. The summed E-state index contributed by atoms with van der Waals surface area (Å²) < 4.78 is -0.130. The second-order valence-corrected chi connectivity index (χ2v) is 4.75. The van der Waals surface area contributed by atoms with Gasteiger partial charge in [-0.05, 0) is 12.8 Å². The van der Waals surface area contributed by atoms with Crippen LogP contribution in [-0.4, -0.2) is 4.08 Å². The molecule has 0 spiro atoms. The largest absolute Gasteiger partial charge is 0.162 e. The lowest BCUT2D eigenvalue weighted by atomic mass is 10.1. The van der Waals surface area contributed by atoms with Crippen LogP contribution in [0.25, 0.3) is 0 Å². The van der Waals surface area contributed by atoms with Crippen LogP contribution >= 0.6 is 25.3 Å². The van der Waals surface area contributed by atoms with Crippen molar-refractivity contribution < 1.29 is 0 Å². The summed E-state index contributed by atoms with van der Waals surface area (Å²) in [7, 11) is 0. The third-order valence-corrected chi connectivity index (χ3v) is 2.48. The third kappa shape index (κ3) is 5.48. The molecule has 1 radical (unpaired) electrons. The number of thiol groups is 2. The Labute approximate surface area is 75.6 Å². The molecule has 0 heterocycles. The zero-order chi connectivity index (χ0) is 8.04. The van der Waals surface area contributed by atoms with Crippen molar-refractivity contribution in [2.75, 3.05) is 0 Å². The topological polar surface area (TPSA) is 0 Å². The van der Waals surface area contributed by atoms with Gasteiger partial charge in [0.05, 0.1) is 4.08 Å². The van der Waals surface area contributed by atoms with Crippen molar-refractivity contribution in [1.29, 1.82) is 0 Å². The summed E-state index contributed by atoms with van der Waals surface area (Å²) in [6.45, 7) is 5.98. The van der Waals surface area contributed by atoms with Crippen molar-refractivity contribution in [3.63, 3.8) is 0 Å². The number of rotatable bonds is 5. The molecule has 10 heavy (non-hydrogen) atoms. The molecule has 0 aliphatic heterocycles. The molecule has 0 N–H and O–H groups in total. The zero-order valence-electron chi connectivity index (χ0n) is 6.64. The van der Waals surface area contributed by atoms with E-state index in [0.717, 1.165) is 12.8 Å². The average Bonchev–Trinajstić information content (AvgIpc) is 1.89. The zero-order valence-corrected chi connectivity index (χ0v) is 8.43. The van der Waals surface area contributed by atoms with Gasteiger partial charge in [-0.3, -0.25) is 0 Å². The van der Waals surface area contributed by atoms with Crippen LogP contribution in [0.3, 0.4) is 0 Å². The van der Waals surface area contributed by atoms with Gasteiger partial charge < -0.3 is 0 Å². The third-order valence-electron chi connectivity index (χ3n) is 1.58. The molecular weight excluding hydrogens is 160 g/mol. The Morgan fingerprint density at radius 3 is 2.30 bits per heavy atom. The molecule has 0 unspecified atom stereocenters. The van der Waals surface area contributed by atoms with Crippen LogP contribution < -0.4 is 0 Å². The predicted molar refractivity (Wildman–Crippen MR) is 54.8 cm³/mol. The van der Waals surface area contributed by atoms with E-state index in [4.69, 9.17) is 0 Å². The maximum atomic E-state index is 4.36. The van der Waals surface area contributed by atoms with E-state index in [9.17, 15) is 0 Å². The summed E-state index contributed by atoms with van der Waals surface area (Å²) in [5, 5.41) is 0. The highest BCUT2D eigenvalue weighted by Gasteiger charge is 2.15. The molecule has 0 rings (SSSR count). The molecule has 0 saturated carbocycles. The minimum absolute atomic E-state index is 0.130. The van der Waals surface area contributed by atoms with Crippen molar-refractivity contribution in [1.82, 2.24) is 0 Å². The highest BCUT2D eigenvalue weighted by Crippen LogP contribution is 2.29. The number of unbranched alkanes of at least 4 members (excludes halogenated alkanes) is 2. The quantitative estimate of drug-likeness (QED) is 0.359. The van der Waals surface area contributed by atoms with E-state index in [1.54, 1.807) is 0 Å². The Morgan fingerprint density at radius 2 is 1.90 bits per heavy atom. The average molecular weight is 177 g/mol. The maximum Gasteiger partial charge on any atom is 0.0552 e. The SMILES string of the molecule is [CH2]CC(S)(S)CCCCC.